The van der Waals surface area contributed by atoms with Crippen LogP contribution in [-0.2, 0) is 19.5 Å². The molecule has 0 aliphatic heterocycles. The van der Waals surface area contributed by atoms with Crippen LogP contribution in [0, 0.1) is 0 Å². The zero-order chi connectivity index (χ0) is 27.4. The number of aromatic nitrogens is 8. The van der Waals surface area contributed by atoms with Gasteiger partial charge < -0.3 is 4.57 Å². The highest BCUT2D eigenvalue weighted by molar-refractivity contribution is 5.97. The second-order valence-corrected chi connectivity index (χ2v) is 9.60. The van der Waals surface area contributed by atoms with Gasteiger partial charge in [0.2, 0.25) is 0 Å². The lowest BCUT2D eigenvalue weighted by molar-refractivity contribution is 0.101. The van der Waals surface area contributed by atoms with Crippen molar-refractivity contribution >= 4 is 5.78 Å². The van der Waals surface area contributed by atoms with E-state index in [0.29, 0.717) is 23.8 Å². The highest BCUT2D eigenvalue weighted by atomic mass is 16.2. The molecule has 200 valence electrons. The smallest absolute Gasteiger partial charge is 0.333 e. The number of benzene rings is 1. The fourth-order valence-corrected chi connectivity index (χ4v) is 4.89. The van der Waals surface area contributed by atoms with E-state index in [-0.39, 0.29) is 11.5 Å². The zero-order valence-electron chi connectivity index (χ0n) is 22.5. The van der Waals surface area contributed by atoms with Gasteiger partial charge in [0.05, 0.1) is 17.8 Å². The van der Waals surface area contributed by atoms with Gasteiger partial charge in [-0.15, -0.1) is 5.10 Å². The summed E-state index contributed by atoms with van der Waals surface area (Å²) in [5.74, 6) is 1.15. The van der Waals surface area contributed by atoms with E-state index < -0.39 is 0 Å². The molecule has 4 heterocycles. The number of carbonyl (C=O) groups excluding carboxylic acids is 1. The topological polar surface area (TPSA) is 116 Å². The van der Waals surface area contributed by atoms with Crippen molar-refractivity contribution in [3.63, 3.8) is 0 Å². The summed E-state index contributed by atoms with van der Waals surface area (Å²) in [6.45, 7) is 6.81. The van der Waals surface area contributed by atoms with E-state index in [2.05, 4.69) is 34.5 Å². The van der Waals surface area contributed by atoms with Gasteiger partial charge >= 0.3 is 5.69 Å². The second kappa shape index (κ2) is 11.4. The van der Waals surface area contributed by atoms with E-state index in [4.69, 9.17) is 4.98 Å². The van der Waals surface area contributed by atoms with E-state index in [1.807, 2.05) is 59.6 Å². The number of tetrazole rings is 1. The number of imidazole rings is 1. The van der Waals surface area contributed by atoms with Gasteiger partial charge in [-0.25, -0.2) is 9.89 Å². The number of aromatic amines is 1. The van der Waals surface area contributed by atoms with Gasteiger partial charge in [-0.3, -0.25) is 18.9 Å². The fourth-order valence-electron chi connectivity index (χ4n) is 4.89. The molecule has 0 bridgehead atoms. The van der Waals surface area contributed by atoms with E-state index in [1.54, 1.807) is 15.2 Å². The molecule has 5 aromatic rings. The summed E-state index contributed by atoms with van der Waals surface area (Å²) in [5, 5.41) is 14.2. The first-order chi connectivity index (χ1) is 19.0. The Balaban J connectivity index is 1.51. The average Bonchev–Trinajstić information content (AvgIpc) is 3.69. The Morgan fingerprint density at radius 3 is 2.51 bits per heavy atom. The standard InChI is InChI=1S/C29H32N8O2/c1-4-6-9-23-19-37(28-24(20(3)38)14-16-35(28)15-5-2)29(39)36(23)18-22-13-12-21(17-30-22)25-10-7-8-11-26(25)27-31-33-34-32-27/h7-8,10-14,16-17,19H,4-6,9,15,18H2,1-3H3,(H,31,32,33,34). The molecule has 0 spiro atoms. The molecule has 0 saturated heterocycles. The monoisotopic (exact) mass is 524 g/mol. The molecule has 1 aromatic carbocycles. The number of aryl methyl sites for hydroxylation is 2. The normalized spacial score (nSPS) is 11.3. The third kappa shape index (κ3) is 5.22. The summed E-state index contributed by atoms with van der Waals surface area (Å²) in [4.78, 5) is 30.9. The first kappa shape index (κ1) is 26.0. The van der Waals surface area contributed by atoms with Crippen molar-refractivity contribution in [3.8, 4) is 28.3 Å². The van der Waals surface area contributed by atoms with Crippen LogP contribution < -0.4 is 5.69 Å². The molecular formula is C29H32N8O2. The number of nitrogens with zero attached hydrogens (tertiary/aromatic N) is 7. The van der Waals surface area contributed by atoms with Crippen molar-refractivity contribution in [2.45, 2.75) is 59.5 Å². The highest BCUT2D eigenvalue weighted by Gasteiger charge is 2.20. The molecule has 0 unspecified atom stereocenters. The van der Waals surface area contributed by atoms with Gasteiger partial charge in [0.25, 0.3) is 0 Å². The highest BCUT2D eigenvalue weighted by Crippen LogP contribution is 2.29. The van der Waals surface area contributed by atoms with Crippen molar-refractivity contribution in [3.05, 3.63) is 88.5 Å². The van der Waals surface area contributed by atoms with Crippen molar-refractivity contribution < 1.29 is 4.79 Å². The lowest BCUT2D eigenvalue weighted by Crippen LogP contribution is -2.27. The summed E-state index contributed by atoms with van der Waals surface area (Å²) in [5.41, 5.74) is 4.83. The summed E-state index contributed by atoms with van der Waals surface area (Å²) in [6, 6.07) is 13.6. The predicted molar refractivity (Wildman–Crippen MR) is 149 cm³/mol. The van der Waals surface area contributed by atoms with Crippen LogP contribution in [0.2, 0.25) is 0 Å². The Morgan fingerprint density at radius 1 is 1.03 bits per heavy atom. The van der Waals surface area contributed by atoms with Crippen LogP contribution >= 0.6 is 0 Å². The number of pyridine rings is 1. The maximum Gasteiger partial charge on any atom is 0.334 e. The number of Topliss-reactive ketones (excluding diaryl/α,β-unsaturated/α-hetero) is 1. The van der Waals surface area contributed by atoms with Crippen LogP contribution in [0.15, 0.2) is 65.8 Å². The van der Waals surface area contributed by atoms with Crippen molar-refractivity contribution in [2.75, 3.05) is 0 Å². The maximum absolute atomic E-state index is 13.8. The number of H-pyrrole nitrogens is 1. The van der Waals surface area contributed by atoms with Crippen LogP contribution in [0.25, 0.3) is 28.3 Å². The van der Waals surface area contributed by atoms with E-state index in [9.17, 15) is 9.59 Å². The summed E-state index contributed by atoms with van der Waals surface area (Å²) in [7, 11) is 0. The number of rotatable bonds is 11. The lowest BCUT2D eigenvalue weighted by Gasteiger charge is -2.10. The molecule has 10 nitrogen and oxygen atoms in total. The molecule has 0 atom stereocenters. The molecule has 0 amide bonds. The van der Waals surface area contributed by atoms with E-state index >= 15 is 0 Å². The molecule has 39 heavy (non-hydrogen) atoms. The number of carbonyl (C=O) groups is 1. The van der Waals surface area contributed by atoms with Crippen molar-refractivity contribution in [1.82, 2.24) is 39.3 Å². The number of nitrogens with one attached hydrogen (secondary N) is 1. The van der Waals surface area contributed by atoms with Gasteiger partial charge in [-0.1, -0.05) is 50.6 Å². The van der Waals surface area contributed by atoms with Crippen molar-refractivity contribution in [2.24, 2.45) is 0 Å². The molecule has 4 aromatic heterocycles. The fraction of sp³-hybridized carbons (Fsp3) is 0.310. The Morgan fingerprint density at radius 2 is 1.85 bits per heavy atom. The second-order valence-electron chi connectivity index (χ2n) is 9.60. The number of hydrogen-bond acceptors (Lipinski definition) is 6. The van der Waals surface area contributed by atoms with Crippen LogP contribution in [0.5, 0.6) is 0 Å². The first-order valence-corrected chi connectivity index (χ1v) is 13.3. The van der Waals surface area contributed by atoms with Crippen LogP contribution in [-0.4, -0.2) is 45.1 Å². The molecule has 1 N–H and O–H groups in total. The third-order valence-corrected chi connectivity index (χ3v) is 6.84. The SMILES string of the molecule is CCCCc1cn(-c2c(C(C)=O)ccn2CCC)c(=O)n1Cc1ccc(-c2ccccc2-c2nnn[nH]2)cn1. The van der Waals surface area contributed by atoms with Gasteiger partial charge in [0.15, 0.2) is 11.6 Å². The Kier molecular flexibility index (Phi) is 7.62. The van der Waals surface area contributed by atoms with E-state index in [0.717, 1.165) is 60.3 Å². The Hall–Kier alpha value is -4.60. The summed E-state index contributed by atoms with van der Waals surface area (Å²) >= 11 is 0. The van der Waals surface area contributed by atoms with E-state index in [1.165, 1.54) is 6.92 Å². The predicted octanol–water partition coefficient (Wildman–Crippen LogP) is 4.69. The number of unbranched alkanes of at least 4 members (excludes halogenated alkanes) is 1. The molecule has 10 heteroatoms. The van der Waals surface area contributed by atoms with Crippen LogP contribution in [0.4, 0.5) is 0 Å². The van der Waals surface area contributed by atoms with Gasteiger partial charge in [-0.05, 0) is 54.3 Å². The molecule has 0 fully saturated rings. The Bertz CT molecular complexity index is 1620. The summed E-state index contributed by atoms with van der Waals surface area (Å²) < 4.78 is 5.40. The molecule has 0 aliphatic carbocycles. The lowest BCUT2D eigenvalue weighted by atomic mass is 10.0. The zero-order valence-corrected chi connectivity index (χ0v) is 22.5. The third-order valence-electron chi connectivity index (χ3n) is 6.84. The van der Waals surface area contributed by atoms with Gasteiger partial charge in [0.1, 0.15) is 5.82 Å². The van der Waals surface area contributed by atoms with Crippen molar-refractivity contribution in [1.29, 1.82) is 0 Å². The Labute approximate surface area is 226 Å². The molecule has 0 radical (unpaired) electrons. The minimum atomic E-state index is -0.173. The summed E-state index contributed by atoms with van der Waals surface area (Å²) in [6.07, 6.45) is 9.21. The quantitative estimate of drug-likeness (QED) is 0.251. The molecule has 5 rings (SSSR count). The largest absolute Gasteiger partial charge is 0.334 e. The molecular weight excluding hydrogens is 492 g/mol. The van der Waals surface area contributed by atoms with Gasteiger partial charge in [-0.2, -0.15) is 0 Å². The molecule has 0 saturated carbocycles. The van der Waals surface area contributed by atoms with Crippen LogP contribution in [0.3, 0.4) is 0 Å². The van der Waals surface area contributed by atoms with Gasteiger partial charge in [0, 0.05) is 42.0 Å². The minimum Gasteiger partial charge on any atom is -0.333 e. The molecule has 0 aliphatic rings. The number of ketones is 1. The maximum atomic E-state index is 13.8. The van der Waals surface area contributed by atoms with Crippen LogP contribution in [0.1, 0.15) is 61.8 Å². The minimum absolute atomic E-state index is 0.0618. The number of hydrogen-bond donors (Lipinski definition) is 1. The average molecular weight is 525 g/mol. The first-order valence-electron chi connectivity index (χ1n) is 13.3.